The lowest BCUT2D eigenvalue weighted by Gasteiger charge is -2.08. The molecule has 1 fully saturated rings. The van der Waals surface area contributed by atoms with Crippen molar-refractivity contribution in [3.8, 4) is 0 Å². The van der Waals surface area contributed by atoms with E-state index in [1.54, 1.807) is 0 Å². The van der Waals surface area contributed by atoms with E-state index in [1.165, 1.54) is 19.3 Å². The maximum Gasteiger partial charge on any atom is 0.303 e. The van der Waals surface area contributed by atoms with Crippen molar-refractivity contribution in [1.82, 2.24) is 0 Å². The molecule has 1 rings (SSSR count). The first-order valence-electron chi connectivity index (χ1n) is 9.18. The van der Waals surface area contributed by atoms with Crippen LogP contribution in [0.25, 0.3) is 0 Å². The number of aliphatic hydroxyl groups excluding tert-OH is 1. The number of carboxylic acids is 1. The quantitative estimate of drug-likeness (QED) is 0.349. The van der Waals surface area contributed by atoms with Gasteiger partial charge in [0, 0.05) is 12.8 Å². The minimum absolute atomic E-state index is 0.192. The van der Waals surface area contributed by atoms with E-state index >= 15 is 0 Å². The average Bonchev–Trinajstić information content (AvgIpc) is 3.20. The maximum atomic E-state index is 10.4. The fourth-order valence-corrected chi connectivity index (χ4v) is 2.99. The SMILES string of the molecule is CCCCCC[C@@H](O)C[C@H]1O[C@H]1CCCCCCCC(=O)O. The van der Waals surface area contributed by atoms with E-state index < -0.39 is 5.97 Å². The molecule has 0 saturated carbocycles. The van der Waals surface area contributed by atoms with Crippen LogP contribution < -0.4 is 0 Å². The monoisotopic (exact) mass is 314 g/mol. The van der Waals surface area contributed by atoms with Crippen molar-refractivity contribution in [2.45, 2.75) is 109 Å². The van der Waals surface area contributed by atoms with Gasteiger partial charge in [-0.05, 0) is 19.3 Å². The van der Waals surface area contributed by atoms with Gasteiger partial charge in [0.2, 0.25) is 0 Å². The summed E-state index contributed by atoms with van der Waals surface area (Å²) in [5.74, 6) is -0.692. The highest BCUT2D eigenvalue weighted by atomic mass is 16.6. The number of carboxylic acid groups (broad SMARTS) is 1. The summed E-state index contributed by atoms with van der Waals surface area (Å²) in [6, 6.07) is 0. The van der Waals surface area contributed by atoms with E-state index in [1.807, 2.05) is 0 Å². The number of hydrogen-bond donors (Lipinski definition) is 2. The lowest BCUT2D eigenvalue weighted by molar-refractivity contribution is -0.137. The van der Waals surface area contributed by atoms with E-state index in [9.17, 15) is 9.90 Å². The number of unbranched alkanes of at least 4 members (excludes halogenated alkanes) is 7. The number of carbonyl (C=O) groups is 1. The van der Waals surface area contributed by atoms with E-state index in [4.69, 9.17) is 9.84 Å². The summed E-state index contributed by atoms with van der Waals surface area (Å²) in [5.41, 5.74) is 0. The molecule has 22 heavy (non-hydrogen) atoms. The molecule has 0 aromatic heterocycles. The van der Waals surface area contributed by atoms with Crippen molar-refractivity contribution in [2.75, 3.05) is 0 Å². The second-order valence-electron chi connectivity index (χ2n) is 6.65. The molecule has 0 aromatic rings. The van der Waals surface area contributed by atoms with Crippen molar-refractivity contribution in [1.29, 1.82) is 0 Å². The second-order valence-corrected chi connectivity index (χ2v) is 6.65. The number of aliphatic carboxylic acids is 1. The fraction of sp³-hybridized carbons (Fsp3) is 0.944. The Morgan fingerprint density at radius 3 is 2.41 bits per heavy atom. The molecule has 3 atom stereocenters. The lowest BCUT2D eigenvalue weighted by Crippen LogP contribution is -2.11. The van der Waals surface area contributed by atoms with E-state index in [0.717, 1.165) is 57.8 Å². The van der Waals surface area contributed by atoms with Gasteiger partial charge in [0.1, 0.15) is 0 Å². The Labute approximate surface area is 135 Å². The minimum atomic E-state index is -0.692. The Kier molecular flexibility index (Phi) is 10.5. The van der Waals surface area contributed by atoms with Crippen molar-refractivity contribution in [3.63, 3.8) is 0 Å². The van der Waals surface area contributed by atoms with E-state index in [0.29, 0.717) is 12.5 Å². The topological polar surface area (TPSA) is 70.1 Å². The van der Waals surface area contributed by atoms with Gasteiger partial charge in [0.25, 0.3) is 0 Å². The van der Waals surface area contributed by atoms with Crippen LogP contribution >= 0.6 is 0 Å². The van der Waals surface area contributed by atoms with Crippen LogP contribution in [0.5, 0.6) is 0 Å². The first kappa shape index (κ1) is 19.4. The summed E-state index contributed by atoms with van der Waals surface area (Å²) < 4.78 is 5.64. The molecule has 0 spiro atoms. The summed E-state index contributed by atoms with van der Waals surface area (Å²) in [6.45, 7) is 2.20. The molecule has 0 unspecified atom stereocenters. The van der Waals surface area contributed by atoms with Crippen LogP contribution in [-0.2, 0) is 9.53 Å². The van der Waals surface area contributed by atoms with Crippen LogP contribution in [0.2, 0.25) is 0 Å². The molecular weight excluding hydrogens is 280 g/mol. The Morgan fingerprint density at radius 1 is 1.00 bits per heavy atom. The van der Waals surface area contributed by atoms with Crippen molar-refractivity contribution < 1.29 is 19.7 Å². The maximum absolute atomic E-state index is 10.4. The lowest BCUT2D eigenvalue weighted by atomic mass is 10.0. The minimum Gasteiger partial charge on any atom is -0.481 e. The molecule has 1 aliphatic heterocycles. The predicted molar refractivity (Wildman–Crippen MR) is 88.0 cm³/mol. The van der Waals surface area contributed by atoms with Crippen LogP contribution in [-0.4, -0.2) is 34.5 Å². The molecule has 1 aliphatic rings. The first-order valence-corrected chi connectivity index (χ1v) is 9.18. The predicted octanol–water partition coefficient (Wildman–Crippen LogP) is 4.29. The molecule has 0 aliphatic carbocycles. The standard InChI is InChI=1S/C18H34O4/c1-2-3-4-8-11-15(19)14-17-16(22-17)12-9-6-5-7-10-13-18(20)21/h15-17,19H,2-14H2,1H3,(H,20,21)/t15-,16+,17-/m1/s1. The molecule has 4 nitrogen and oxygen atoms in total. The Morgan fingerprint density at radius 2 is 1.68 bits per heavy atom. The molecule has 1 heterocycles. The van der Waals surface area contributed by atoms with E-state index in [2.05, 4.69) is 6.92 Å². The highest BCUT2D eigenvalue weighted by Crippen LogP contribution is 2.32. The summed E-state index contributed by atoms with van der Waals surface area (Å²) in [7, 11) is 0. The smallest absolute Gasteiger partial charge is 0.303 e. The molecule has 0 aromatic carbocycles. The zero-order valence-corrected chi connectivity index (χ0v) is 14.1. The normalized spacial score (nSPS) is 21.7. The summed E-state index contributed by atoms with van der Waals surface area (Å²) in [4.78, 5) is 10.4. The van der Waals surface area contributed by atoms with Crippen molar-refractivity contribution >= 4 is 5.97 Å². The molecule has 0 radical (unpaired) electrons. The molecule has 130 valence electrons. The van der Waals surface area contributed by atoms with Crippen LogP contribution in [0.15, 0.2) is 0 Å². The third-order valence-corrected chi connectivity index (χ3v) is 4.46. The number of ether oxygens (including phenoxy) is 1. The largest absolute Gasteiger partial charge is 0.481 e. The van der Waals surface area contributed by atoms with Gasteiger partial charge < -0.3 is 14.9 Å². The average molecular weight is 314 g/mol. The Balaban J connectivity index is 1.86. The highest BCUT2D eigenvalue weighted by molar-refractivity contribution is 5.66. The molecule has 2 N–H and O–H groups in total. The Bertz CT molecular complexity index is 293. The van der Waals surface area contributed by atoms with Crippen molar-refractivity contribution in [3.05, 3.63) is 0 Å². The van der Waals surface area contributed by atoms with Gasteiger partial charge in [-0.2, -0.15) is 0 Å². The molecular formula is C18H34O4. The molecule has 1 saturated heterocycles. The molecule has 0 amide bonds. The van der Waals surface area contributed by atoms with Crippen LogP contribution in [0.3, 0.4) is 0 Å². The Hall–Kier alpha value is -0.610. The second kappa shape index (κ2) is 11.9. The van der Waals surface area contributed by atoms with Gasteiger partial charge in [0.15, 0.2) is 0 Å². The van der Waals surface area contributed by atoms with Crippen LogP contribution in [0.1, 0.15) is 90.4 Å². The van der Waals surface area contributed by atoms with Gasteiger partial charge >= 0.3 is 5.97 Å². The zero-order valence-electron chi connectivity index (χ0n) is 14.1. The summed E-state index contributed by atoms with van der Waals surface area (Å²) >= 11 is 0. The number of hydrogen-bond acceptors (Lipinski definition) is 3. The van der Waals surface area contributed by atoms with E-state index in [-0.39, 0.29) is 12.2 Å². The molecule has 4 heteroatoms. The van der Waals surface area contributed by atoms with Gasteiger partial charge in [-0.25, -0.2) is 0 Å². The van der Waals surface area contributed by atoms with Gasteiger partial charge in [-0.1, -0.05) is 58.3 Å². The number of aliphatic hydroxyl groups is 1. The van der Waals surface area contributed by atoms with Crippen LogP contribution in [0, 0.1) is 0 Å². The summed E-state index contributed by atoms with van der Waals surface area (Å²) in [5, 5.41) is 18.5. The number of rotatable bonds is 15. The highest BCUT2D eigenvalue weighted by Gasteiger charge is 2.38. The first-order chi connectivity index (χ1) is 10.6. The van der Waals surface area contributed by atoms with Crippen LogP contribution in [0.4, 0.5) is 0 Å². The third kappa shape index (κ3) is 10.2. The van der Waals surface area contributed by atoms with Gasteiger partial charge in [-0.3, -0.25) is 4.79 Å². The summed E-state index contributed by atoms with van der Waals surface area (Å²) in [6.07, 6.45) is 13.6. The third-order valence-electron chi connectivity index (χ3n) is 4.46. The van der Waals surface area contributed by atoms with Gasteiger partial charge in [-0.15, -0.1) is 0 Å². The van der Waals surface area contributed by atoms with Gasteiger partial charge in [0.05, 0.1) is 18.3 Å². The van der Waals surface area contributed by atoms with Crippen molar-refractivity contribution in [2.24, 2.45) is 0 Å². The molecule has 0 bridgehead atoms. The number of epoxide rings is 1. The zero-order chi connectivity index (χ0) is 16.2. The fourth-order valence-electron chi connectivity index (χ4n) is 2.99.